The minimum atomic E-state index is -0.362. The summed E-state index contributed by atoms with van der Waals surface area (Å²) >= 11 is 0. The number of nitrogens with one attached hydrogen (secondary N) is 2. The average molecular weight is 223 g/mol. The van der Waals surface area contributed by atoms with Crippen LogP contribution >= 0.6 is 0 Å². The van der Waals surface area contributed by atoms with Gasteiger partial charge in [-0.3, -0.25) is 13.9 Å². The number of aromatic nitrogens is 4. The van der Waals surface area contributed by atoms with Gasteiger partial charge in [0.25, 0.3) is 5.56 Å². The van der Waals surface area contributed by atoms with Gasteiger partial charge in [0.2, 0.25) is 5.95 Å². The topological polar surface area (TPSA) is 84.7 Å². The lowest BCUT2D eigenvalue weighted by Crippen LogP contribution is -2.37. The number of aromatic amines is 1. The minimum Gasteiger partial charge on any atom is -0.359 e. The van der Waals surface area contributed by atoms with Gasteiger partial charge in [-0.15, -0.1) is 0 Å². The number of fused-ring (bicyclic) bond motifs is 1. The molecular weight excluding hydrogens is 210 g/mol. The van der Waals surface area contributed by atoms with Crippen molar-refractivity contribution >= 4 is 17.1 Å². The third-order valence-electron chi connectivity index (χ3n) is 2.53. The number of anilines is 1. The molecule has 2 aromatic rings. The summed E-state index contributed by atoms with van der Waals surface area (Å²) in [4.78, 5) is 30.6. The standard InChI is InChI=1S/C9H13N5O2/c1-4-14-6-5(11-8(10-2)12-6)7(15)13(3)9(14)16/h4H2,1-3H3,(H2,10,11,12). The quantitative estimate of drug-likeness (QED) is 0.717. The van der Waals surface area contributed by atoms with Crippen LogP contribution in [0.5, 0.6) is 0 Å². The second-order valence-electron chi connectivity index (χ2n) is 3.43. The summed E-state index contributed by atoms with van der Waals surface area (Å²) < 4.78 is 2.53. The normalized spacial score (nSPS) is 10.9. The van der Waals surface area contributed by atoms with E-state index in [2.05, 4.69) is 15.3 Å². The monoisotopic (exact) mass is 223 g/mol. The van der Waals surface area contributed by atoms with Crippen molar-refractivity contribution in [2.24, 2.45) is 7.05 Å². The van der Waals surface area contributed by atoms with Gasteiger partial charge in [-0.05, 0) is 6.92 Å². The Balaban J connectivity index is 3.01. The minimum absolute atomic E-state index is 0.341. The highest BCUT2D eigenvalue weighted by Gasteiger charge is 2.13. The Labute approximate surface area is 90.7 Å². The Morgan fingerprint density at radius 1 is 1.44 bits per heavy atom. The van der Waals surface area contributed by atoms with Crippen LogP contribution in [0, 0.1) is 0 Å². The molecule has 0 aromatic carbocycles. The highest BCUT2D eigenvalue weighted by Crippen LogP contribution is 2.07. The Hall–Kier alpha value is -2.05. The van der Waals surface area contributed by atoms with E-state index in [0.29, 0.717) is 23.7 Å². The van der Waals surface area contributed by atoms with Crippen molar-refractivity contribution in [3.8, 4) is 0 Å². The van der Waals surface area contributed by atoms with Crippen molar-refractivity contribution < 1.29 is 0 Å². The average Bonchev–Trinajstić information content (AvgIpc) is 2.71. The predicted molar refractivity (Wildman–Crippen MR) is 60.8 cm³/mol. The van der Waals surface area contributed by atoms with Gasteiger partial charge in [0.1, 0.15) is 0 Å². The third-order valence-corrected chi connectivity index (χ3v) is 2.53. The zero-order valence-corrected chi connectivity index (χ0v) is 9.37. The lowest BCUT2D eigenvalue weighted by Gasteiger charge is -2.04. The van der Waals surface area contributed by atoms with Crippen LogP contribution < -0.4 is 16.6 Å². The van der Waals surface area contributed by atoms with E-state index in [-0.39, 0.29) is 11.2 Å². The number of hydrogen-bond donors (Lipinski definition) is 2. The third kappa shape index (κ3) is 1.24. The fourth-order valence-corrected chi connectivity index (χ4v) is 1.64. The van der Waals surface area contributed by atoms with E-state index in [0.717, 1.165) is 4.57 Å². The molecule has 0 bridgehead atoms. The number of rotatable bonds is 2. The number of H-pyrrole nitrogens is 1. The molecule has 0 atom stereocenters. The maximum Gasteiger partial charge on any atom is 0.332 e. The first-order chi connectivity index (χ1) is 7.60. The van der Waals surface area contributed by atoms with E-state index in [1.165, 1.54) is 11.6 Å². The largest absolute Gasteiger partial charge is 0.359 e. The second kappa shape index (κ2) is 3.51. The Kier molecular flexibility index (Phi) is 2.30. The Morgan fingerprint density at radius 2 is 2.12 bits per heavy atom. The van der Waals surface area contributed by atoms with Crippen molar-refractivity contribution in [3.05, 3.63) is 20.8 Å². The van der Waals surface area contributed by atoms with Crippen LogP contribution in [0.4, 0.5) is 5.95 Å². The molecule has 2 aromatic heterocycles. The molecule has 7 heteroatoms. The Bertz CT molecular complexity index is 648. The second-order valence-corrected chi connectivity index (χ2v) is 3.43. The summed E-state index contributed by atoms with van der Waals surface area (Å²) in [6.45, 7) is 2.30. The first-order valence-electron chi connectivity index (χ1n) is 4.97. The highest BCUT2D eigenvalue weighted by atomic mass is 16.2. The molecule has 0 aliphatic carbocycles. The zero-order chi connectivity index (χ0) is 11.9. The maximum atomic E-state index is 11.8. The van der Waals surface area contributed by atoms with Gasteiger partial charge < -0.3 is 10.3 Å². The van der Waals surface area contributed by atoms with E-state index in [1.807, 2.05) is 6.92 Å². The molecule has 0 spiro atoms. The summed E-state index contributed by atoms with van der Waals surface area (Å²) in [5.74, 6) is 0.472. The number of imidazole rings is 1. The summed E-state index contributed by atoms with van der Waals surface area (Å²) in [5.41, 5.74) is 0.0149. The van der Waals surface area contributed by atoms with Crippen molar-refractivity contribution in [1.29, 1.82) is 0 Å². The smallest absolute Gasteiger partial charge is 0.332 e. The van der Waals surface area contributed by atoms with Crippen molar-refractivity contribution in [2.45, 2.75) is 13.5 Å². The number of aryl methyl sites for hydroxylation is 1. The molecule has 0 amide bonds. The van der Waals surface area contributed by atoms with Crippen LogP contribution in [-0.4, -0.2) is 26.1 Å². The Morgan fingerprint density at radius 3 is 2.69 bits per heavy atom. The first-order valence-corrected chi connectivity index (χ1v) is 4.97. The van der Waals surface area contributed by atoms with Gasteiger partial charge in [0, 0.05) is 20.6 Å². The van der Waals surface area contributed by atoms with Crippen molar-refractivity contribution in [1.82, 2.24) is 19.1 Å². The van der Waals surface area contributed by atoms with Crippen LogP contribution in [0.25, 0.3) is 11.2 Å². The lowest BCUT2D eigenvalue weighted by atomic mass is 10.5. The van der Waals surface area contributed by atoms with Crippen LogP contribution in [0.3, 0.4) is 0 Å². The van der Waals surface area contributed by atoms with Crippen LogP contribution in [0.15, 0.2) is 9.59 Å². The fourth-order valence-electron chi connectivity index (χ4n) is 1.64. The molecule has 0 aliphatic heterocycles. The summed E-state index contributed by atoms with van der Waals surface area (Å²) in [6.07, 6.45) is 0. The maximum absolute atomic E-state index is 11.8. The van der Waals surface area contributed by atoms with E-state index in [1.54, 1.807) is 7.05 Å². The van der Waals surface area contributed by atoms with Crippen molar-refractivity contribution in [3.63, 3.8) is 0 Å². The molecule has 0 radical (unpaired) electrons. The van der Waals surface area contributed by atoms with E-state index in [4.69, 9.17) is 0 Å². The van der Waals surface area contributed by atoms with Gasteiger partial charge in [0.05, 0.1) is 0 Å². The fraction of sp³-hybridized carbons (Fsp3) is 0.444. The molecule has 2 N–H and O–H groups in total. The number of hydrogen-bond acceptors (Lipinski definition) is 4. The highest BCUT2D eigenvalue weighted by molar-refractivity contribution is 5.72. The van der Waals surface area contributed by atoms with Gasteiger partial charge >= 0.3 is 5.69 Å². The van der Waals surface area contributed by atoms with E-state index in [9.17, 15) is 9.59 Å². The molecule has 86 valence electrons. The van der Waals surface area contributed by atoms with E-state index >= 15 is 0 Å². The van der Waals surface area contributed by atoms with E-state index < -0.39 is 0 Å². The number of nitrogens with zero attached hydrogens (tertiary/aromatic N) is 3. The SMILES string of the molecule is CCn1c(=O)n(C)c(=O)c2[nH]c(NC)nc21. The summed E-state index contributed by atoms with van der Waals surface area (Å²) in [7, 11) is 3.15. The van der Waals surface area contributed by atoms with Crippen LogP contribution in [0.1, 0.15) is 6.92 Å². The lowest BCUT2D eigenvalue weighted by molar-refractivity contribution is 0.652. The molecule has 0 saturated heterocycles. The van der Waals surface area contributed by atoms with Gasteiger partial charge in [-0.25, -0.2) is 4.79 Å². The molecule has 0 saturated carbocycles. The van der Waals surface area contributed by atoms with Gasteiger partial charge in [-0.2, -0.15) is 4.98 Å². The van der Waals surface area contributed by atoms with Gasteiger partial charge in [0.15, 0.2) is 11.2 Å². The molecule has 7 nitrogen and oxygen atoms in total. The summed E-state index contributed by atoms with van der Waals surface area (Å²) in [5, 5.41) is 2.80. The molecular formula is C9H13N5O2. The molecule has 0 unspecified atom stereocenters. The molecule has 0 fully saturated rings. The molecule has 0 aliphatic rings. The molecule has 2 heterocycles. The molecule has 16 heavy (non-hydrogen) atoms. The van der Waals surface area contributed by atoms with Crippen molar-refractivity contribution in [2.75, 3.05) is 12.4 Å². The summed E-state index contributed by atoms with van der Waals surface area (Å²) in [6, 6.07) is 0. The first kappa shape index (κ1) is 10.5. The predicted octanol–water partition coefficient (Wildman–Crippen LogP) is -0.515. The van der Waals surface area contributed by atoms with Crippen LogP contribution in [-0.2, 0) is 13.6 Å². The van der Waals surface area contributed by atoms with Crippen LogP contribution in [0.2, 0.25) is 0 Å². The zero-order valence-electron chi connectivity index (χ0n) is 9.37. The molecule has 2 rings (SSSR count). The van der Waals surface area contributed by atoms with Gasteiger partial charge in [-0.1, -0.05) is 0 Å².